The number of nitrogens with zero attached hydrogens (tertiary/aromatic N) is 2. The van der Waals surface area contributed by atoms with Gasteiger partial charge in [-0.2, -0.15) is 0 Å². The van der Waals surface area contributed by atoms with Gasteiger partial charge in [-0.05, 0) is 32.9 Å². The molecule has 0 atom stereocenters. The number of amides is 1. The smallest absolute Gasteiger partial charge is 0.255 e. The molecule has 0 aliphatic rings. The number of aromatic nitrogens is 1. The number of aliphatic hydroxyl groups excluding tert-OH is 1. The van der Waals surface area contributed by atoms with Gasteiger partial charge in [-0.25, -0.2) is 0 Å². The van der Waals surface area contributed by atoms with Gasteiger partial charge in [-0.1, -0.05) is 0 Å². The Morgan fingerprint density at radius 2 is 2.19 bits per heavy atom. The van der Waals surface area contributed by atoms with Crippen molar-refractivity contribution >= 4 is 5.91 Å². The lowest BCUT2D eigenvalue weighted by molar-refractivity contribution is 0.0472. The SMILES string of the molecule is Cc1ncccc1C(=O)N(C)C(C)(C)CO. The van der Waals surface area contributed by atoms with Gasteiger partial charge in [0.1, 0.15) is 0 Å². The third kappa shape index (κ3) is 2.39. The number of rotatable bonds is 3. The predicted molar refractivity (Wildman–Crippen MR) is 62.2 cm³/mol. The lowest BCUT2D eigenvalue weighted by Gasteiger charge is -2.34. The molecule has 88 valence electrons. The maximum absolute atomic E-state index is 12.1. The number of pyridine rings is 1. The van der Waals surface area contributed by atoms with Crippen molar-refractivity contribution in [1.82, 2.24) is 9.88 Å². The van der Waals surface area contributed by atoms with Gasteiger partial charge >= 0.3 is 0 Å². The zero-order valence-corrected chi connectivity index (χ0v) is 10.2. The molecule has 1 aromatic heterocycles. The summed E-state index contributed by atoms with van der Waals surface area (Å²) in [6.45, 7) is 5.36. The minimum atomic E-state index is -0.570. The second-order valence-corrected chi connectivity index (χ2v) is 4.47. The van der Waals surface area contributed by atoms with E-state index in [2.05, 4.69) is 4.98 Å². The first-order chi connectivity index (χ1) is 7.40. The Morgan fingerprint density at radius 1 is 1.56 bits per heavy atom. The molecule has 0 aliphatic carbocycles. The molecule has 4 heteroatoms. The van der Waals surface area contributed by atoms with Crippen LogP contribution >= 0.6 is 0 Å². The molecule has 1 heterocycles. The van der Waals surface area contributed by atoms with E-state index in [0.29, 0.717) is 11.3 Å². The van der Waals surface area contributed by atoms with E-state index in [-0.39, 0.29) is 12.5 Å². The average molecular weight is 222 g/mol. The fraction of sp³-hybridized carbons (Fsp3) is 0.500. The molecule has 0 aromatic carbocycles. The highest BCUT2D eigenvalue weighted by atomic mass is 16.3. The van der Waals surface area contributed by atoms with Crippen LogP contribution in [0.5, 0.6) is 0 Å². The lowest BCUT2D eigenvalue weighted by atomic mass is 10.0. The number of aryl methyl sites for hydroxylation is 1. The number of carbonyl (C=O) groups excluding carboxylic acids is 1. The van der Waals surface area contributed by atoms with E-state index in [0.717, 1.165) is 0 Å². The van der Waals surface area contributed by atoms with Gasteiger partial charge in [0, 0.05) is 18.9 Å². The number of carbonyl (C=O) groups is 1. The van der Waals surface area contributed by atoms with Crippen LogP contribution in [0.15, 0.2) is 18.3 Å². The number of aliphatic hydroxyl groups is 1. The molecule has 1 amide bonds. The molecule has 1 rings (SSSR count). The summed E-state index contributed by atoms with van der Waals surface area (Å²) in [6, 6.07) is 3.48. The Labute approximate surface area is 95.9 Å². The summed E-state index contributed by atoms with van der Waals surface area (Å²) in [5, 5.41) is 9.22. The quantitative estimate of drug-likeness (QED) is 0.837. The van der Waals surface area contributed by atoms with Crippen molar-refractivity contribution in [2.45, 2.75) is 26.3 Å². The van der Waals surface area contributed by atoms with Gasteiger partial charge in [0.25, 0.3) is 5.91 Å². The van der Waals surface area contributed by atoms with Crippen molar-refractivity contribution in [3.8, 4) is 0 Å². The molecule has 1 N–H and O–H groups in total. The van der Waals surface area contributed by atoms with E-state index < -0.39 is 5.54 Å². The Hall–Kier alpha value is -1.42. The molecule has 0 spiro atoms. The fourth-order valence-corrected chi connectivity index (χ4v) is 1.27. The second kappa shape index (κ2) is 4.61. The zero-order valence-electron chi connectivity index (χ0n) is 10.2. The van der Waals surface area contributed by atoms with Gasteiger partial charge in [-0.3, -0.25) is 9.78 Å². The van der Waals surface area contributed by atoms with Crippen molar-refractivity contribution in [3.63, 3.8) is 0 Å². The van der Waals surface area contributed by atoms with Gasteiger partial charge < -0.3 is 10.0 Å². The maximum Gasteiger partial charge on any atom is 0.255 e. The van der Waals surface area contributed by atoms with Crippen LogP contribution in [0.2, 0.25) is 0 Å². The number of hydrogen-bond donors (Lipinski definition) is 1. The molecule has 0 fully saturated rings. The van der Waals surface area contributed by atoms with Gasteiger partial charge in [0.05, 0.1) is 17.7 Å². The third-order valence-corrected chi connectivity index (χ3v) is 2.84. The lowest BCUT2D eigenvalue weighted by Crippen LogP contribution is -2.47. The first-order valence-electron chi connectivity index (χ1n) is 5.21. The molecule has 0 bridgehead atoms. The molecule has 1 aromatic rings. The summed E-state index contributed by atoms with van der Waals surface area (Å²) in [5.74, 6) is -0.121. The molecule has 4 nitrogen and oxygen atoms in total. The first kappa shape index (κ1) is 12.6. The molecule has 0 unspecified atom stereocenters. The van der Waals surface area contributed by atoms with Crippen LogP contribution < -0.4 is 0 Å². The Balaban J connectivity index is 3.00. The van der Waals surface area contributed by atoms with Gasteiger partial charge in [0.15, 0.2) is 0 Å². The topological polar surface area (TPSA) is 53.4 Å². The molecular weight excluding hydrogens is 204 g/mol. The second-order valence-electron chi connectivity index (χ2n) is 4.47. The Kier molecular flexibility index (Phi) is 3.65. The van der Waals surface area contributed by atoms with E-state index in [9.17, 15) is 9.90 Å². The molecule has 0 saturated carbocycles. The summed E-state index contributed by atoms with van der Waals surface area (Å²) in [5.41, 5.74) is 0.707. The molecule has 0 radical (unpaired) electrons. The first-order valence-corrected chi connectivity index (χ1v) is 5.21. The predicted octanol–water partition coefficient (Wildman–Crippen LogP) is 1.23. The van der Waals surface area contributed by atoms with Crippen molar-refractivity contribution in [3.05, 3.63) is 29.6 Å². The Morgan fingerprint density at radius 3 is 2.69 bits per heavy atom. The molecule has 16 heavy (non-hydrogen) atoms. The fourth-order valence-electron chi connectivity index (χ4n) is 1.27. The minimum Gasteiger partial charge on any atom is -0.394 e. The molecule has 0 saturated heterocycles. The summed E-state index contributed by atoms with van der Waals surface area (Å²) < 4.78 is 0. The summed E-state index contributed by atoms with van der Waals surface area (Å²) in [4.78, 5) is 17.8. The van der Waals surface area contributed by atoms with Crippen LogP contribution in [0.4, 0.5) is 0 Å². The van der Waals surface area contributed by atoms with Crippen molar-refractivity contribution in [2.24, 2.45) is 0 Å². The highest BCUT2D eigenvalue weighted by Crippen LogP contribution is 2.16. The minimum absolute atomic E-state index is 0.0749. The zero-order chi connectivity index (χ0) is 12.3. The normalized spacial score (nSPS) is 11.3. The highest BCUT2D eigenvalue weighted by Gasteiger charge is 2.28. The molecule has 0 aliphatic heterocycles. The van der Waals surface area contributed by atoms with Crippen molar-refractivity contribution in [1.29, 1.82) is 0 Å². The van der Waals surface area contributed by atoms with Crippen LogP contribution in [0, 0.1) is 6.92 Å². The maximum atomic E-state index is 12.1. The van der Waals surface area contributed by atoms with Gasteiger partial charge in [-0.15, -0.1) is 0 Å². The summed E-state index contributed by atoms with van der Waals surface area (Å²) >= 11 is 0. The molecular formula is C12H18N2O2. The average Bonchev–Trinajstić information content (AvgIpc) is 2.27. The van der Waals surface area contributed by atoms with Crippen molar-refractivity contribution < 1.29 is 9.90 Å². The largest absolute Gasteiger partial charge is 0.394 e. The van der Waals surface area contributed by atoms with Crippen LogP contribution in [-0.4, -0.2) is 40.1 Å². The third-order valence-electron chi connectivity index (χ3n) is 2.84. The van der Waals surface area contributed by atoms with Crippen LogP contribution in [-0.2, 0) is 0 Å². The standard InChI is InChI=1S/C12H18N2O2/c1-9-10(6-5-7-13-9)11(16)14(4)12(2,3)8-15/h5-7,15H,8H2,1-4H3. The van der Waals surface area contributed by atoms with E-state index >= 15 is 0 Å². The van der Waals surface area contributed by atoms with E-state index in [1.54, 1.807) is 32.3 Å². The van der Waals surface area contributed by atoms with E-state index in [4.69, 9.17) is 0 Å². The van der Waals surface area contributed by atoms with Crippen molar-refractivity contribution in [2.75, 3.05) is 13.7 Å². The van der Waals surface area contributed by atoms with E-state index in [1.165, 1.54) is 4.90 Å². The van der Waals surface area contributed by atoms with E-state index in [1.807, 2.05) is 13.8 Å². The highest BCUT2D eigenvalue weighted by molar-refractivity contribution is 5.95. The summed E-state index contributed by atoms with van der Waals surface area (Å²) in [6.07, 6.45) is 1.66. The number of hydrogen-bond acceptors (Lipinski definition) is 3. The van der Waals surface area contributed by atoms with Crippen LogP contribution in [0.25, 0.3) is 0 Å². The number of likely N-dealkylation sites (N-methyl/N-ethyl adjacent to an activating group) is 1. The van der Waals surface area contributed by atoms with Gasteiger partial charge in [0.2, 0.25) is 0 Å². The van der Waals surface area contributed by atoms with Crippen LogP contribution in [0.3, 0.4) is 0 Å². The summed E-state index contributed by atoms with van der Waals surface area (Å²) in [7, 11) is 1.69. The Bertz CT molecular complexity index is 388. The monoisotopic (exact) mass is 222 g/mol. The van der Waals surface area contributed by atoms with Crippen LogP contribution in [0.1, 0.15) is 29.9 Å².